The van der Waals surface area contributed by atoms with Crippen LogP contribution in [0.2, 0.25) is 10.0 Å². The Morgan fingerprint density at radius 2 is 1.47 bits per heavy atom. The molecule has 0 radical (unpaired) electrons. The highest BCUT2D eigenvalue weighted by Crippen LogP contribution is 2.39. The Hall–Kier alpha value is -1.19. The maximum absolute atomic E-state index is 12.9. The molecule has 0 aromatic heterocycles. The highest BCUT2D eigenvalue weighted by Gasteiger charge is 2.33. The Kier molecular flexibility index (Phi) is 3.79. The molecule has 0 bridgehead atoms. The molecule has 0 aliphatic rings. The molecule has 0 heterocycles. The van der Waals surface area contributed by atoms with Gasteiger partial charge in [-0.3, -0.25) is 0 Å². The fraction of sp³-hybridized carbons (Fsp3) is 0.143. The van der Waals surface area contributed by atoms with Gasteiger partial charge < -0.3 is 0 Å². The van der Waals surface area contributed by atoms with Crippen molar-refractivity contribution in [2.75, 3.05) is 0 Å². The van der Waals surface area contributed by atoms with E-state index >= 15 is 0 Å². The highest BCUT2D eigenvalue weighted by atomic mass is 35.5. The fourth-order valence-electron chi connectivity index (χ4n) is 1.95. The lowest BCUT2D eigenvalue weighted by molar-refractivity contribution is -0.138. The molecule has 0 nitrogen and oxygen atoms in total. The summed E-state index contributed by atoms with van der Waals surface area (Å²) in [6.07, 6.45) is -4.38. The van der Waals surface area contributed by atoms with Crippen LogP contribution >= 0.6 is 23.2 Å². The average molecular weight is 305 g/mol. The summed E-state index contributed by atoms with van der Waals surface area (Å²) in [4.78, 5) is 0. The van der Waals surface area contributed by atoms with Crippen LogP contribution < -0.4 is 0 Å². The minimum atomic E-state index is -4.38. The molecule has 0 aliphatic carbocycles. The van der Waals surface area contributed by atoms with E-state index in [2.05, 4.69) is 0 Å². The maximum Gasteiger partial charge on any atom is 0.416 e. The molecule has 0 aliphatic heterocycles. The fourth-order valence-corrected chi connectivity index (χ4v) is 2.35. The van der Waals surface area contributed by atoms with Crippen molar-refractivity contribution in [3.8, 4) is 11.1 Å². The quantitative estimate of drug-likeness (QED) is 0.607. The third kappa shape index (κ3) is 2.72. The molecule has 0 N–H and O–H groups in total. The van der Waals surface area contributed by atoms with Crippen LogP contribution in [0.15, 0.2) is 36.4 Å². The monoisotopic (exact) mass is 304 g/mol. The summed E-state index contributed by atoms with van der Waals surface area (Å²) in [5, 5.41) is 0.572. The van der Waals surface area contributed by atoms with E-state index in [-0.39, 0.29) is 10.6 Å². The standard InChI is InChI=1S/C14H9Cl2F3/c1-8-9(4-2-6-11(8)14(17,18)19)10-5-3-7-12(15)13(10)16/h2-7H,1H3. The molecular weight excluding hydrogens is 296 g/mol. The van der Waals surface area contributed by atoms with Gasteiger partial charge in [-0.25, -0.2) is 0 Å². The third-order valence-corrected chi connectivity index (χ3v) is 3.70. The van der Waals surface area contributed by atoms with Gasteiger partial charge in [0.2, 0.25) is 0 Å². The van der Waals surface area contributed by atoms with Gasteiger partial charge in [-0.05, 0) is 30.2 Å². The Morgan fingerprint density at radius 3 is 2.11 bits per heavy atom. The van der Waals surface area contributed by atoms with Crippen LogP contribution in [0.1, 0.15) is 11.1 Å². The largest absolute Gasteiger partial charge is 0.416 e. The topological polar surface area (TPSA) is 0 Å². The normalized spacial score (nSPS) is 11.7. The summed E-state index contributed by atoms with van der Waals surface area (Å²) in [5.41, 5.74) is 0.403. The number of hydrogen-bond acceptors (Lipinski definition) is 0. The van der Waals surface area contributed by atoms with E-state index in [0.717, 1.165) is 6.07 Å². The van der Waals surface area contributed by atoms with Gasteiger partial charge in [0.25, 0.3) is 0 Å². The molecule has 2 aromatic rings. The highest BCUT2D eigenvalue weighted by molar-refractivity contribution is 6.43. The molecule has 0 saturated heterocycles. The summed E-state index contributed by atoms with van der Waals surface area (Å²) in [7, 11) is 0. The first-order valence-corrected chi connectivity index (χ1v) is 6.19. The maximum atomic E-state index is 12.9. The van der Waals surface area contributed by atoms with Gasteiger partial charge in [0.1, 0.15) is 0 Å². The lowest BCUT2D eigenvalue weighted by Gasteiger charge is -2.15. The SMILES string of the molecule is Cc1c(-c2cccc(Cl)c2Cl)cccc1C(F)(F)F. The lowest BCUT2D eigenvalue weighted by atomic mass is 9.96. The van der Waals surface area contributed by atoms with E-state index in [1.807, 2.05) is 0 Å². The molecule has 0 unspecified atom stereocenters. The Bertz CT molecular complexity index is 619. The molecule has 19 heavy (non-hydrogen) atoms. The van der Waals surface area contributed by atoms with Crippen molar-refractivity contribution in [3.63, 3.8) is 0 Å². The first kappa shape index (κ1) is 14.2. The van der Waals surface area contributed by atoms with Gasteiger partial charge in [0.15, 0.2) is 0 Å². The number of hydrogen-bond donors (Lipinski definition) is 0. The van der Waals surface area contributed by atoms with E-state index in [4.69, 9.17) is 23.2 Å². The van der Waals surface area contributed by atoms with E-state index in [1.54, 1.807) is 24.3 Å². The zero-order valence-corrected chi connectivity index (χ0v) is 11.4. The van der Waals surface area contributed by atoms with Crippen LogP contribution in [0.5, 0.6) is 0 Å². The smallest absolute Gasteiger partial charge is 0.166 e. The van der Waals surface area contributed by atoms with Crippen molar-refractivity contribution < 1.29 is 13.2 Å². The van der Waals surface area contributed by atoms with E-state index in [0.29, 0.717) is 16.1 Å². The van der Waals surface area contributed by atoms with Gasteiger partial charge in [-0.2, -0.15) is 13.2 Å². The Labute approximate surface area is 118 Å². The molecule has 0 saturated carbocycles. The van der Waals surface area contributed by atoms with Gasteiger partial charge in [-0.1, -0.05) is 47.5 Å². The third-order valence-electron chi connectivity index (χ3n) is 2.88. The van der Waals surface area contributed by atoms with Crippen LogP contribution in [0.4, 0.5) is 13.2 Å². The van der Waals surface area contributed by atoms with Gasteiger partial charge in [-0.15, -0.1) is 0 Å². The van der Waals surface area contributed by atoms with E-state index in [1.165, 1.54) is 13.0 Å². The number of alkyl halides is 3. The predicted octanol–water partition coefficient (Wildman–Crippen LogP) is 5.99. The molecule has 0 atom stereocenters. The number of benzene rings is 2. The molecule has 0 spiro atoms. The summed E-state index contributed by atoms with van der Waals surface area (Å²) < 4.78 is 38.6. The summed E-state index contributed by atoms with van der Waals surface area (Å²) in [5.74, 6) is 0. The minimum absolute atomic E-state index is 0.138. The van der Waals surface area contributed by atoms with E-state index in [9.17, 15) is 13.2 Å². The molecule has 100 valence electrons. The Balaban J connectivity index is 2.68. The zero-order chi connectivity index (χ0) is 14.2. The summed E-state index contributed by atoms with van der Waals surface area (Å²) in [6.45, 7) is 1.43. The molecular formula is C14H9Cl2F3. The number of halogens is 5. The van der Waals surface area contributed by atoms with Crippen molar-refractivity contribution in [2.45, 2.75) is 13.1 Å². The van der Waals surface area contributed by atoms with Crippen molar-refractivity contribution in [1.82, 2.24) is 0 Å². The van der Waals surface area contributed by atoms with Gasteiger partial charge >= 0.3 is 6.18 Å². The van der Waals surface area contributed by atoms with Gasteiger partial charge in [0, 0.05) is 5.56 Å². The first-order chi connectivity index (χ1) is 8.82. The zero-order valence-electron chi connectivity index (χ0n) is 9.85. The number of rotatable bonds is 1. The van der Waals surface area contributed by atoms with Crippen LogP contribution in [0.3, 0.4) is 0 Å². The molecule has 0 fully saturated rings. The van der Waals surface area contributed by atoms with Crippen LogP contribution in [-0.4, -0.2) is 0 Å². The Morgan fingerprint density at radius 1 is 0.895 bits per heavy atom. The van der Waals surface area contributed by atoms with Crippen LogP contribution in [0.25, 0.3) is 11.1 Å². The van der Waals surface area contributed by atoms with Crippen LogP contribution in [-0.2, 0) is 6.18 Å². The lowest BCUT2D eigenvalue weighted by Crippen LogP contribution is -2.08. The summed E-state index contributed by atoms with van der Waals surface area (Å²) >= 11 is 11.9. The second-order valence-corrected chi connectivity index (χ2v) is 4.86. The second kappa shape index (κ2) is 5.06. The van der Waals surface area contributed by atoms with E-state index < -0.39 is 11.7 Å². The first-order valence-electron chi connectivity index (χ1n) is 5.43. The second-order valence-electron chi connectivity index (χ2n) is 4.08. The predicted molar refractivity (Wildman–Crippen MR) is 71.6 cm³/mol. The molecule has 0 amide bonds. The van der Waals surface area contributed by atoms with Gasteiger partial charge in [0.05, 0.1) is 15.6 Å². The molecule has 2 rings (SSSR count). The minimum Gasteiger partial charge on any atom is -0.166 e. The average Bonchev–Trinajstić information content (AvgIpc) is 2.32. The molecule has 2 aromatic carbocycles. The van der Waals surface area contributed by atoms with Crippen molar-refractivity contribution in [3.05, 3.63) is 57.6 Å². The summed E-state index contributed by atoms with van der Waals surface area (Å²) in [6, 6.07) is 8.91. The van der Waals surface area contributed by atoms with Crippen LogP contribution in [0, 0.1) is 6.92 Å². The van der Waals surface area contributed by atoms with Crippen molar-refractivity contribution in [2.24, 2.45) is 0 Å². The van der Waals surface area contributed by atoms with Crippen molar-refractivity contribution in [1.29, 1.82) is 0 Å². The van der Waals surface area contributed by atoms with Crippen molar-refractivity contribution >= 4 is 23.2 Å². The molecule has 5 heteroatoms.